The molecule has 0 saturated heterocycles. The molecule has 0 atom stereocenters. The summed E-state index contributed by atoms with van der Waals surface area (Å²) in [7, 11) is 3.04. The lowest BCUT2D eigenvalue weighted by molar-refractivity contribution is -0.118. The number of amides is 2. The van der Waals surface area contributed by atoms with Crippen molar-refractivity contribution in [2.45, 2.75) is 25.7 Å². The number of nitriles is 1. The van der Waals surface area contributed by atoms with Crippen molar-refractivity contribution >= 4 is 28.2 Å². The predicted molar refractivity (Wildman–Crippen MR) is 117 cm³/mol. The van der Waals surface area contributed by atoms with Gasteiger partial charge in [-0.3, -0.25) is 9.59 Å². The van der Waals surface area contributed by atoms with Gasteiger partial charge in [-0.25, -0.2) is 0 Å². The molecule has 0 saturated carbocycles. The second-order valence-electron chi connectivity index (χ2n) is 6.98. The van der Waals surface area contributed by atoms with Gasteiger partial charge in [-0.05, 0) is 43.4 Å². The number of fused-ring (bicyclic) bond motifs is 1. The molecule has 1 aliphatic carbocycles. The van der Waals surface area contributed by atoms with E-state index in [0.717, 1.165) is 36.1 Å². The third-order valence-corrected chi connectivity index (χ3v) is 6.10. The van der Waals surface area contributed by atoms with Gasteiger partial charge in [0, 0.05) is 24.6 Å². The minimum atomic E-state index is -0.379. The molecule has 2 amide bonds. The molecule has 2 aromatic rings. The zero-order chi connectivity index (χ0) is 22.2. The zero-order valence-electron chi connectivity index (χ0n) is 17.6. The SMILES string of the molecule is COCCNC(=O)c1c(NC(=O)COc2ccc(C#N)cc2OC)sc2c1CCCC2. The minimum absolute atomic E-state index is 0.207. The number of methoxy groups -OCH3 is 2. The second-order valence-corrected chi connectivity index (χ2v) is 8.08. The summed E-state index contributed by atoms with van der Waals surface area (Å²) in [5.74, 6) is 0.147. The van der Waals surface area contributed by atoms with Gasteiger partial charge in [0.1, 0.15) is 5.00 Å². The molecule has 1 aromatic carbocycles. The summed E-state index contributed by atoms with van der Waals surface area (Å²) in [5, 5.41) is 15.2. The Morgan fingerprint density at radius 3 is 2.74 bits per heavy atom. The fourth-order valence-corrected chi connectivity index (χ4v) is 4.71. The highest BCUT2D eigenvalue weighted by molar-refractivity contribution is 7.17. The van der Waals surface area contributed by atoms with Gasteiger partial charge in [0.2, 0.25) is 0 Å². The largest absolute Gasteiger partial charge is 0.493 e. The summed E-state index contributed by atoms with van der Waals surface area (Å²) in [6.45, 7) is 0.560. The number of nitrogens with one attached hydrogen (secondary N) is 2. The molecule has 0 unspecified atom stereocenters. The molecule has 1 aliphatic rings. The van der Waals surface area contributed by atoms with E-state index < -0.39 is 0 Å². The van der Waals surface area contributed by atoms with Gasteiger partial charge < -0.3 is 24.8 Å². The summed E-state index contributed by atoms with van der Waals surface area (Å²) in [4.78, 5) is 26.5. The van der Waals surface area contributed by atoms with E-state index >= 15 is 0 Å². The van der Waals surface area contributed by atoms with E-state index in [1.54, 1.807) is 25.3 Å². The number of ether oxygens (including phenoxy) is 3. The van der Waals surface area contributed by atoms with Gasteiger partial charge >= 0.3 is 0 Å². The number of nitrogens with zero attached hydrogens (tertiary/aromatic N) is 1. The summed E-state index contributed by atoms with van der Waals surface area (Å²) in [5.41, 5.74) is 2.00. The summed E-state index contributed by atoms with van der Waals surface area (Å²) >= 11 is 1.45. The van der Waals surface area contributed by atoms with Crippen LogP contribution in [0, 0.1) is 11.3 Å². The van der Waals surface area contributed by atoms with Crippen LogP contribution in [0.5, 0.6) is 11.5 Å². The molecular weight excluding hydrogens is 418 g/mol. The van der Waals surface area contributed by atoms with E-state index in [4.69, 9.17) is 19.5 Å². The number of thiophene rings is 1. The number of aryl methyl sites for hydroxylation is 1. The van der Waals surface area contributed by atoms with Crippen molar-refractivity contribution in [1.82, 2.24) is 5.32 Å². The monoisotopic (exact) mass is 443 g/mol. The van der Waals surface area contributed by atoms with Gasteiger partial charge in [0.15, 0.2) is 18.1 Å². The number of carbonyl (C=O) groups is 2. The van der Waals surface area contributed by atoms with Crippen molar-refractivity contribution < 1.29 is 23.8 Å². The third-order valence-electron chi connectivity index (χ3n) is 4.89. The Morgan fingerprint density at radius 1 is 1.19 bits per heavy atom. The quantitative estimate of drug-likeness (QED) is 0.577. The fraction of sp³-hybridized carbons (Fsp3) is 0.409. The first-order valence-electron chi connectivity index (χ1n) is 9.99. The van der Waals surface area contributed by atoms with Crippen LogP contribution in [0.15, 0.2) is 18.2 Å². The molecule has 8 nitrogen and oxygen atoms in total. The van der Waals surface area contributed by atoms with Crippen molar-refractivity contribution in [2.75, 3.05) is 39.3 Å². The number of carbonyl (C=O) groups excluding carboxylic acids is 2. The second kappa shape index (κ2) is 10.8. The highest BCUT2D eigenvalue weighted by Gasteiger charge is 2.26. The molecule has 31 heavy (non-hydrogen) atoms. The van der Waals surface area contributed by atoms with E-state index in [2.05, 4.69) is 10.6 Å². The van der Waals surface area contributed by atoms with E-state index in [9.17, 15) is 9.59 Å². The summed E-state index contributed by atoms with van der Waals surface area (Å²) in [6.07, 6.45) is 3.84. The van der Waals surface area contributed by atoms with Crippen molar-refractivity contribution in [3.8, 4) is 17.6 Å². The lowest BCUT2D eigenvalue weighted by Gasteiger charge is -2.13. The Balaban J connectivity index is 1.71. The average molecular weight is 444 g/mol. The molecule has 0 spiro atoms. The lowest BCUT2D eigenvalue weighted by Crippen LogP contribution is -2.29. The predicted octanol–water partition coefficient (Wildman–Crippen LogP) is 2.90. The van der Waals surface area contributed by atoms with Crippen molar-refractivity contribution in [3.05, 3.63) is 39.8 Å². The molecular formula is C22H25N3O5S. The third kappa shape index (κ3) is 5.54. The molecule has 0 aliphatic heterocycles. The van der Waals surface area contributed by atoms with Crippen LogP contribution in [-0.2, 0) is 22.4 Å². The van der Waals surface area contributed by atoms with E-state index in [-0.39, 0.29) is 18.4 Å². The van der Waals surface area contributed by atoms with Gasteiger partial charge in [0.05, 0.1) is 30.9 Å². The standard InChI is InChI=1S/C22H25N3O5S/c1-28-10-9-24-21(27)20-15-5-3-4-6-18(15)31-22(20)25-19(26)13-30-16-8-7-14(12-23)11-17(16)29-2/h7-8,11H,3-6,9-10,13H2,1-2H3,(H,24,27)(H,25,26). The average Bonchev–Trinajstić information content (AvgIpc) is 3.15. The first-order chi connectivity index (χ1) is 15.1. The molecule has 1 heterocycles. The Bertz CT molecular complexity index is 996. The normalized spacial score (nSPS) is 12.4. The van der Waals surface area contributed by atoms with Crippen LogP contribution >= 0.6 is 11.3 Å². The molecule has 0 radical (unpaired) electrons. The Morgan fingerprint density at radius 2 is 2.00 bits per heavy atom. The van der Waals surface area contributed by atoms with E-state index in [0.29, 0.717) is 40.8 Å². The lowest BCUT2D eigenvalue weighted by atomic mass is 9.95. The van der Waals surface area contributed by atoms with Crippen LogP contribution in [0.3, 0.4) is 0 Å². The maximum Gasteiger partial charge on any atom is 0.262 e. The van der Waals surface area contributed by atoms with Gasteiger partial charge in [-0.1, -0.05) is 0 Å². The Hall–Kier alpha value is -3.09. The summed E-state index contributed by atoms with van der Waals surface area (Å²) in [6, 6.07) is 6.75. The number of benzene rings is 1. The molecule has 164 valence electrons. The Labute approximate surface area is 185 Å². The first-order valence-corrected chi connectivity index (χ1v) is 10.8. The van der Waals surface area contributed by atoms with Crippen LogP contribution in [0.4, 0.5) is 5.00 Å². The maximum absolute atomic E-state index is 12.8. The minimum Gasteiger partial charge on any atom is -0.493 e. The van der Waals surface area contributed by atoms with Crippen molar-refractivity contribution in [2.24, 2.45) is 0 Å². The Kier molecular flexibility index (Phi) is 7.87. The topological polar surface area (TPSA) is 110 Å². The van der Waals surface area contributed by atoms with Crippen LogP contribution in [0.2, 0.25) is 0 Å². The highest BCUT2D eigenvalue weighted by Crippen LogP contribution is 2.38. The van der Waals surface area contributed by atoms with E-state index in [1.165, 1.54) is 18.4 Å². The zero-order valence-corrected chi connectivity index (χ0v) is 18.4. The van der Waals surface area contributed by atoms with E-state index in [1.807, 2.05) is 6.07 Å². The molecule has 0 fully saturated rings. The molecule has 9 heteroatoms. The number of rotatable bonds is 9. The molecule has 0 bridgehead atoms. The molecule has 2 N–H and O–H groups in total. The van der Waals surface area contributed by atoms with Gasteiger partial charge in [-0.15, -0.1) is 11.3 Å². The number of anilines is 1. The molecule has 3 rings (SSSR count). The van der Waals surface area contributed by atoms with Crippen LogP contribution in [0.1, 0.15) is 39.2 Å². The first kappa shape index (κ1) is 22.6. The smallest absolute Gasteiger partial charge is 0.262 e. The fourth-order valence-electron chi connectivity index (χ4n) is 3.41. The number of hydrogen-bond donors (Lipinski definition) is 2. The van der Waals surface area contributed by atoms with Gasteiger partial charge in [0.25, 0.3) is 11.8 Å². The highest BCUT2D eigenvalue weighted by atomic mass is 32.1. The van der Waals surface area contributed by atoms with Gasteiger partial charge in [-0.2, -0.15) is 5.26 Å². The number of hydrogen-bond acceptors (Lipinski definition) is 7. The van der Waals surface area contributed by atoms with Crippen molar-refractivity contribution in [3.63, 3.8) is 0 Å². The van der Waals surface area contributed by atoms with Crippen LogP contribution in [-0.4, -0.2) is 45.8 Å². The maximum atomic E-state index is 12.8. The summed E-state index contributed by atoms with van der Waals surface area (Å²) < 4.78 is 15.8. The van der Waals surface area contributed by atoms with Crippen molar-refractivity contribution in [1.29, 1.82) is 5.26 Å². The van der Waals surface area contributed by atoms with Crippen LogP contribution < -0.4 is 20.1 Å². The van der Waals surface area contributed by atoms with Crippen LogP contribution in [0.25, 0.3) is 0 Å². The molecule has 1 aromatic heterocycles.